The van der Waals surface area contributed by atoms with Crippen LogP contribution in [0.4, 0.5) is 0 Å². The van der Waals surface area contributed by atoms with Crippen molar-refractivity contribution in [2.24, 2.45) is 5.92 Å². The van der Waals surface area contributed by atoms with Crippen molar-refractivity contribution in [3.8, 4) is 0 Å². The maximum atomic E-state index is 5.88. The summed E-state index contributed by atoms with van der Waals surface area (Å²) in [4.78, 5) is 0. The number of benzene rings is 1. The molecule has 2 unspecified atom stereocenters. The van der Waals surface area contributed by atoms with Gasteiger partial charge in [-0.1, -0.05) is 36.8 Å². The standard InChI is InChI=1S/C17H21NO/c1-12-4-3-5-14(8-12)10-18-11-15-6-7-17(19-15)16-9-13(16)2/h3-8,13,16,18H,9-11H2,1-2H3. The van der Waals surface area contributed by atoms with E-state index in [9.17, 15) is 0 Å². The predicted octanol–water partition coefficient (Wildman–Crippen LogP) is 4.00. The van der Waals surface area contributed by atoms with E-state index in [0.717, 1.165) is 24.8 Å². The Kier molecular flexibility index (Phi) is 3.43. The number of furan rings is 1. The Morgan fingerprint density at radius 2 is 2.05 bits per heavy atom. The molecule has 1 aromatic carbocycles. The first kappa shape index (κ1) is 12.5. The molecule has 1 heterocycles. The normalized spacial score (nSPS) is 21.6. The van der Waals surface area contributed by atoms with Crippen molar-refractivity contribution in [2.45, 2.75) is 39.3 Å². The molecule has 2 atom stereocenters. The first-order valence-electron chi connectivity index (χ1n) is 7.07. The van der Waals surface area contributed by atoms with Gasteiger partial charge in [0.15, 0.2) is 0 Å². The lowest BCUT2D eigenvalue weighted by Gasteiger charge is -2.04. The van der Waals surface area contributed by atoms with Crippen LogP contribution < -0.4 is 5.32 Å². The fourth-order valence-electron chi connectivity index (χ4n) is 2.56. The zero-order chi connectivity index (χ0) is 13.2. The second-order valence-electron chi connectivity index (χ2n) is 5.72. The van der Waals surface area contributed by atoms with Crippen LogP contribution in [0.15, 0.2) is 40.8 Å². The van der Waals surface area contributed by atoms with Gasteiger partial charge in [0, 0.05) is 12.5 Å². The van der Waals surface area contributed by atoms with E-state index in [0.29, 0.717) is 5.92 Å². The van der Waals surface area contributed by atoms with E-state index in [4.69, 9.17) is 4.42 Å². The van der Waals surface area contributed by atoms with Gasteiger partial charge in [-0.05, 0) is 37.0 Å². The summed E-state index contributed by atoms with van der Waals surface area (Å²) in [6.07, 6.45) is 1.28. The first-order valence-corrected chi connectivity index (χ1v) is 7.07. The highest BCUT2D eigenvalue weighted by atomic mass is 16.3. The Bertz CT molecular complexity index is 558. The summed E-state index contributed by atoms with van der Waals surface area (Å²) in [5.74, 6) is 3.69. The Labute approximate surface area is 114 Å². The van der Waals surface area contributed by atoms with Crippen molar-refractivity contribution in [1.29, 1.82) is 0 Å². The van der Waals surface area contributed by atoms with Gasteiger partial charge in [-0.25, -0.2) is 0 Å². The first-order chi connectivity index (χ1) is 9.22. The molecule has 1 N–H and O–H groups in total. The summed E-state index contributed by atoms with van der Waals surface area (Å²) in [5, 5.41) is 3.44. The molecule has 1 aromatic heterocycles. The summed E-state index contributed by atoms with van der Waals surface area (Å²) in [6.45, 7) is 6.09. The number of rotatable bonds is 5. The van der Waals surface area contributed by atoms with Crippen LogP contribution in [-0.4, -0.2) is 0 Å². The van der Waals surface area contributed by atoms with Crippen molar-refractivity contribution in [3.05, 3.63) is 59.0 Å². The van der Waals surface area contributed by atoms with E-state index in [1.807, 2.05) is 0 Å². The van der Waals surface area contributed by atoms with E-state index in [2.05, 4.69) is 55.6 Å². The van der Waals surface area contributed by atoms with Crippen LogP contribution in [0.1, 0.15) is 41.9 Å². The molecule has 1 aliphatic carbocycles. The number of hydrogen-bond donors (Lipinski definition) is 1. The number of hydrogen-bond acceptors (Lipinski definition) is 2. The zero-order valence-electron chi connectivity index (χ0n) is 11.6. The number of aryl methyl sites for hydroxylation is 1. The zero-order valence-corrected chi connectivity index (χ0v) is 11.6. The molecule has 0 spiro atoms. The summed E-state index contributed by atoms with van der Waals surface area (Å²) < 4.78 is 5.88. The van der Waals surface area contributed by atoms with Gasteiger partial charge < -0.3 is 9.73 Å². The third-order valence-corrected chi connectivity index (χ3v) is 3.87. The van der Waals surface area contributed by atoms with Gasteiger partial charge >= 0.3 is 0 Å². The number of nitrogens with one attached hydrogen (secondary N) is 1. The van der Waals surface area contributed by atoms with E-state index in [1.54, 1.807) is 0 Å². The minimum Gasteiger partial charge on any atom is -0.464 e. The van der Waals surface area contributed by atoms with Crippen molar-refractivity contribution in [1.82, 2.24) is 5.32 Å². The minimum absolute atomic E-state index is 0.672. The van der Waals surface area contributed by atoms with Crippen LogP contribution >= 0.6 is 0 Å². The Morgan fingerprint density at radius 3 is 2.79 bits per heavy atom. The van der Waals surface area contributed by atoms with Crippen LogP contribution in [0.2, 0.25) is 0 Å². The topological polar surface area (TPSA) is 25.2 Å². The highest BCUT2D eigenvalue weighted by molar-refractivity contribution is 5.22. The van der Waals surface area contributed by atoms with Crippen molar-refractivity contribution in [3.63, 3.8) is 0 Å². The molecule has 2 heteroatoms. The maximum absolute atomic E-state index is 5.88. The van der Waals surface area contributed by atoms with Gasteiger partial charge in [0.25, 0.3) is 0 Å². The lowest BCUT2D eigenvalue weighted by Crippen LogP contribution is -2.12. The highest BCUT2D eigenvalue weighted by Crippen LogP contribution is 2.47. The maximum Gasteiger partial charge on any atom is 0.117 e. The smallest absolute Gasteiger partial charge is 0.117 e. The molecule has 1 saturated carbocycles. The van der Waals surface area contributed by atoms with Gasteiger partial charge in [-0.2, -0.15) is 0 Å². The lowest BCUT2D eigenvalue weighted by atomic mass is 10.1. The molecule has 19 heavy (non-hydrogen) atoms. The molecule has 2 nitrogen and oxygen atoms in total. The van der Waals surface area contributed by atoms with Crippen molar-refractivity contribution in [2.75, 3.05) is 0 Å². The van der Waals surface area contributed by atoms with Crippen LogP contribution in [0.3, 0.4) is 0 Å². The molecule has 1 fully saturated rings. The van der Waals surface area contributed by atoms with E-state index in [-0.39, 0.29) is 0 Å². The van der Waals surface area contributed by atoms with E-state index >= 15 is 0 Å². The lowest BCUT2D eigenvalue weighted by molar-refractivity contribution is 0.444. The largest absolute Gasteiger partial charge is 0.464 e. The van der Waals surface area contributed by atoms with Crippen molar-refractivity contribution < 1.29 is 4.42 Å². The molecule has 0 bridgehead atoms. The second kappa shape index (κ2) is 5.22. The van der Waals surface area contributed by atoms with Gasteiger partial charge in [-0.3, -0.25) is 0 Å². The molecule has 0 radical (unpaired) electrons. The van der Waals surface area contributed by atoms with Gasteiger partial charge in [0.1, 0.15) is 11.5 Å². The van der Waals surface area contributed by atoms with E-state index < -0.39 is 0 Å². The summed E-state index contributed by atoms with van der Waals surface area (Å²) in [5.41, 5.74) is 2.63. The van der Waals surface area contributed by atoms with Gasteiger partial charge in [0.2, 0.25) is 0 Å². The fraction of sp³-hybridized carbons (Fsp3) is 0.412. The molecule has 0 amide bonds. The minimum atomic E-state index is 0.672. The Hall–Kier alpha value is -1.54. The molecular formula is C17H21NO. The van der Waals surface area contributed by atoms with Gasteiger partial charge in [0.05, 0.1) is 6.54 Å². The Balaban J connectivity index is 1.51. The van der Waals surface area contributed by atoms with E-state index in [1.165, 1.54) is 23.3 Å². The van der Waals surface area contributed by atoms with Crippen LogP contribution in [0.5, 0.6) is 0 Å². The predicted molar refractivity (Wildman–Crippen MR) is 77.0 cm³/mol. The Morgan fingerprint density at radius 1 is 1.21 bits per heavy atom. The van der Waals surface area contributed by atoms with Crippen LogP contribution in [0, 0.1) is 12.8 Å². The quantitative estimate of drug-likeness (QED) is 0.873. The molecular weight excluding hydrogens is 234 g/mol. The monoisotopic (exact) mass is 255 g/mol. The second-order valence-corrected chi connectivity index (χ2v) is 5.72. The third-order valence-electron chi connectivity index (χ3n) is 3.87. The molecule has 1 aliphatic rings. The SMILES string of the molecule is Cc1cccc(CNCc2ccc(C3CC3C)o2)c1. The average Bonchev–Trinajstić information content (AvgIpc) is 2.93. The summed E-state index contributed by atoms with van der Waals surface area (Å²) in [7, 11) is 0. The molecule has 0 aliphatic heterocycles. The molecule has 100 valence electrons. The highest BCUT2D eigenvalue weighted by Gasteiger charge is 2.36. The van der Waals surface area contributed by atoms with Crippen LogP contribution in [-0.2, 0) is 13.1 Å². The molecule has 0 saturated heterocycles. The molecule has 3 rings (SSSR count). The van der Waals surface area contributed by atoms with Crippen LogP contribution in [0.25, 0.3) is 0 Å². The fourth-order valence-corrected chi connectivity index (χ4v) is 2.56. The summed E-state index contributed by atoms with van der Waals surface area (Å²) >= 11 is 0. The average molecular weight is 255 g/mol. The molecule has 2 aromatic rings. The summed E-state index contributed by atoms with van der Waals surface area (Å²) in [6, 6.07) is 12.8. The third kappa shape index (κ3) is 3.07. The van der Waals surface area contributed by atoms with Crippen molar-refractivity contribution >= 4 is 0 Å². The van der Waals surface area contributed by atoms with Gasteiger partial charge in [-0.15, -0.1) is 0 Å².